The number of amides is 1. The molecule has 3 rings (SSSR count). The summed E-state index contributed by atoms with van der Waals surface area (Å²) in [5.74, 6) is -0.268. The second-order valence-corrected chi connectivity index (χ2v) is 6.59. The molecule has 0 unspecified atom stereocenters. The third kappa shape index (κ3) is 2.89. The number of halogens is 2. The average molecular weight is 351 g/mol. The Bertz CT molecular complexity index is 845. The van der Waals surface area contributed by atoms with Gasteiger partial charge in [-0.25, -0.2) is 0 Å². The van der Waals surface area contributed by atoms with Crippen LogP contribution in [0.15, 0.2) is 29.1 Å². The first-order valence-corrected chi connectivity index (χ1v) is 8.13. The lowest BCUT2D eigenvalue weighted by molar-refractivity contribution is 0.0676. The van der Waals surface area contributed by atoms with Gasteiger partial charge in [-0.2, -0.15) is 0 Å². The minimum Gasteiger partial charge on any atom is -0.331 e. The SMILES string of the molecule is Cc1ccc(C(=O)N2CCc3cc(Cl)c(Cl)cc3[C@H]2C)c(=O)[nH]1. The van der Waals surface area contributed by atoms with E-state index in [9.17, 15) is 9.59 Å². The summed E-state index contributed by atoms with van der Waals surface area (Å²) in [6.45, 7) is 4.25. The molecule has 1 N–H and O–H groups in total. The Labute approximate surface area is 144 Å². The molecule has 1 atom stereocenters. The van der Waals surface area contributed by atoms with Gasteiger partial charge in [0, 0.05) is 12.2 Å². The number of aryl methyl sites for hydroxylation is 1. The Hall–Kier alpha value is -1.78. The van der Waals surface area contributed by atoms with Crippen molar-refractivity contribution >= 4 is 29.1 Å². The van der Waals surface area contributed by atoms with Gasteiger partial charge in [0.15, 0.2) is 0 Å². The van der Waals surface area contributed by atoms with Crippen molar-refractivity contribution in [1.82, 2.24) is 9.88 Å². The molecular weight excluding hydrogens is 335 g/mol. The first-order valence-electron chi connectivity index (χ1n) is 7.37. The van der Waals surface area contributed by atoms with Gasteiger partial charge in [0.25, 0.3) is 11.5 Å². The van der Waals surface area contributed by atoms with Crippen LogP contribution in [-0.4, -0.2) is 22.3 Å². The number of H-pyrrole nitrogens is 1. The summed E-state index contributed by atoms with van der Waals surface area (Å²) >= 11 is 12.2. The molecule has 1 aromatic carbocycles. The van der Waals surface area contributed by atoms with E-state index in [1.807, 2.05) is 19.1 Å². The molecule has 0 fully saturated rings. The molecule has 1 aliphatic heterocycles. The van der Waals surface area contributed by atoms with Gasteiger partial charge in [0.1, 0.15) is 5.56 Å². The van der Waals surface area contributed by atoms with Gasteiger partial charge in [0.05, 0.1) is 16.1 Å². The van der Waals surface area contributed by atoms with Crippen LogP contribution in [0.2, 0.25) is 10.0 Å². The number of rotatable bonds is 1. The van der Waals surface area contributed by atoms with Crippen LogP contribution in [0.1, 0.15) is 40.1 Å². The standard InChI is InChI=1S/C17H16Cl2N2O2/c1-9-3-4-12(16(22)20-9)17(23)21-6-5-11-7-14(18)15(19)8-13(11)10(21)2/h3-4,7-8,10H,5-6H2,1-2H3,(H,20,22)/t10-/m1/s1. The van der Waals surface area contributed by atoms with Crippen molar-refractivity contribution in [2.75, 3.05) is 6.54 Å². The van der Waals surface area contributed by atoms with Gasteiger partial charge < -0.3 is 9.88 Å². The van der Waals surface area contributed by atoms with Gasteiger partial charge in [-0.3, -0.25) is 9.59 Å². The number of carbonyl (C=O) groups excluding carboxylic acids is 1. The number of carbonyl (C=O) groups is 1. The zero-order valence-corrected chi connectivity index (χ0v) is 14.3. The first-order chi connectivity index (χ1) is 10.9. The Morgan fingerprint density at radius 1 is 1.26 bits per heavy atom. The lowest BCUT2D eigenvalue weighted by Gasteiger charge is -2.35. The summed E-state index contributed by atoms with van der Waals surface area (Å²) in [5.41, 5.74) is 2.59. The molecule has 1 aliphatic rings. The smallest absolute Gasteiger partial charge is 0.260 e. The molecule has 0 saturated carbocycles. The zero-order valence-electron chi connectivity index (χ0n) is 12.8. The van der Waals surface area contributed by atoms with E-state index in [-0.39, 0.29) is 23.1 Å². The van der Waals surface area contributed by atoms with E-state index in [0.29, 0.717) is 23.0 Å². The van der Waals surface area contributed by atoms with Crippen molar-refractivity contribution < 1.29 is 4.79 Å². The maximum atomic E-state index is 12.8. The van der Waals surface area contributed by atoms with E-state index in [2.05, 4.69) is 4.98 Å². The minimum absolute atomic E-state index is 0.158. The molecule has 1 amide bonds. The molecule has 0 spiro atoms. The number of nitrogens with zero attached hydrogens (tertiary/aromatic N) is 1. The summed E-state index contributed by atoms with van der Waals surface area (Å²) in [6, 6.07) is 6.81. The van der Waals surface area contributed by atoms with E-state index >= 15 is 0 Å². The lowest BCUT2D eigenvalue weighted by Crippen LogP contribution is -2.41. The highest BCUT2D eigenvalue weighted by molar-refractivity contribution is 6.42. The maximum absolute atomic E-state index is 12.8. The molecule has 23 heavy (non-hydrogen) atoms. The molecule has 1 aromatic heterocycles. The third-order valence-electron chi connectivity index (χ3n) is 4.27. The predicted molar refractivity (Wildman–Crippen MR) is 91.4 cm³/mol. The van der Waals surface area contributed by atoms with Crippen molar-refractivity contribution in [3.8, 4) is 0 Å². The second kappa shape index (κ2) is 6.02. The predicted octanol–water partition coefficient (Wildman–Crippen LogP) is 3.75. The Balaban J connectivity index is 1.97. The fourth-order valence-corrected chi connectivity index (χ4v) is 3.34. The Morgan fingerprint density at radius 3 is 2.65 bits per heavy atom. The molecule has 0 saturated heterocycles. The fourth-order valence-electron chi connectivity index (χ4n) is 2.98. The van der Waals surface area contributed by atoms with Crippen LogP contribution in [0.4, 0.5) is 0 Å². The van der Waals surface area contributed by atoms with Crippen molar-refractivity contribution in [3.05, 3.63) is 67.0 Å². The van der Waals surface area contributed by atoms with E-state index in [4.69, 9.17) is 23.2 Å². The summed E-state index contributed by atoms with van der Waals surface area (Å²) in [4.78, 5) is 29.2. The van der Waals surface area contributed by atoms with Gasteiger partial charge in [-0.1, -0.05) is 23.2 Å². The summed E-state index contributed by atoms with van der Waals surface area (Å²) in [7, 11) is 0. The van der Waals surface area contributed by atoms with Crippen LogP contribution < -0.4 is 5.56 Å². The number of nitrogens with one attached hydrogen (secondary N) is 1. The van der Waals surface area contributed by atoms with Crippen LogP contribution in [0.25, 0.3) is 0 Å². The highest BCUT2D eigenvalue weighted by atomic mass is 35.5. The maximum Gasteiger partial charge on any atom is 0.260 e. The van der Waals surface area contributed by atoms with Crippen LogP contribution in [0.3, 0.4) is 0 Å². The van der Waals surface area contributed by atoms with E-state index in [0.717, 1.165) is 16.8 Å². The lowest BCUT2D eigenvalue weighted by atomic mass is 9.93. The second-order valence-electron chi connectivity index (χ2n) is 5.77. The molecule has 4 nitrogen and oxygen atoms in total. The Morgan fingerprint density at radius 2 is 1.96 bits per heavy atom. The van der Waals surface area contributed by atoms with Crippen LogP contribution in [0, 0.1) is 6.92 Å². The highest BCUT2D eigenvalue weighted by Gasteiger charge is 2.30. The number of hydrogen-bond donors (Lipinski definition) is 1. The topological polar surface area (TPSA) is 53.2 Å². The Kier molecular flexibility index (Phi) is 4.21. The van der Waals surface area contributed by atoms with Gasteiger partial charge >= 0.3 is 0 Å². The number of hydrogen-bond acceptors (Lipinski definition) is 2. The number of fused-ring (bicyclic) bond motifs is 1. The fraction of sp³-hybridized carbons (Fsp3) is 0.294. The van der Waals surface area contributed by atoms with Crippen LogP contribution >= 0.6 is 23.2 Å². The van der Waals surface area contributed by atoms with Crippen LogP contribution in [0.5, 0.6) is 0 Å². The first kappa shape index (κ1) is 16.1. The average Bonchev–Trinajstić information content (AvgIpc) is 2.49. The highest BCUT2D eigenvalue weighted by Crippen LogP contribution is 2.35. The van der Waals surface area contributed by atoms with E-state index < -0.39 is 0 Å². The zero-order chi connectivity index (χ0) is 16.7. The van der Waals surface area contributed by atoms with Crippen LogP contribution in [-0.2, 0) is 6.42 Å². The molecule has 0 aliphatic carbocycles. The number of aromatic nitrogens is 1. The normalized spacial score (nSPS) is 17.0. The van der Waals surface area contributed by atoms with Crippen molar-refractivity contribution in [2.24, 2.45) is 0 Å². The number of benzene rings is 1. The van der Waals surface area contributed by atoms with Gasteiger partial charge in [-0.05, 0) is 55.7 Å². The van der Waals surface area contributed by atoms with Crippen molar-refractivity contribution in [3.63, 3.8) is 0 Å². The molecule has 120 valence electrons. The van der Waals surface area contributed by atoms with Crippen molar-refractivity contribution in [1.29, 1.82) is 0 Å². The van der Waals surface area contributed by atoms with Gasteiger partial charge in [0.2, 0.25) is 0 Å². The molecule has 0 bridgehead atoms. The minimum atomic E-state index is -0.359. The molecule has 2 heterocycles. The third-order valence-corrected chi connectivity index (χ3v) is 4.99. The number of pyridine rings is 1. The van der Waals surface area contributed by atoms with Crippen molar-refractivity contribution in [2.45, 2.75) is 26.3 Å². The monoisotopic (exact) mass is 350 g/mol. The molecule has 6 heteroatoms. The molecule has 2 aromatic rings. The molecule has 0 radical (unpaired) electrons. The number of aromatic amines is 1. The quantitative estimate of drug-likeness (QED) is 0.851. The molecular formula is C17H16Cl2N2O2. The summed E-state index contributed by atoms with van der Waals surface area (Å²) < 4.78 is 0. The van der Waals surface area contributed by atoms with Gasteiger partial charge in [-0.15, -0.1) is 0 Å². The summed E-state index contributed by atoms with van der Waals surface area (Å²) in [5, 5.41) is 0.993. The van der Waals surface area contributed by atoms with E-state index in [1.165, 1.54) is 0 Å². The largest absolute Gasteiger partial charge is 0.331 e. The van der Waals surface area contributed by atoms with E-state index in [1.54, 1.807) is 24.0 Å². The summed E-state index contributed by atoms with van der Waals surface area (Å²) in [6.07, 6.45) is 0.687.